The molecule has 0 N–H and O–H groups in total. The Hall–Kier alpha value is -3.21. The van der Waals surface area contributed by atoms with Gasteiger partial charge in [-0.15, -0.1) is 0 Å². The Morgan fingerprint density at radius 1 is 0.838 bits per heavy atom. The first-order valence-electron chi connectivity index (χ1n) is 12.5. The topological polar surface area (TPSA) is 17.8 Å². The largest absolute Gasteiger partial charge is 0.295 e. The Bertz CT molecular complexity index is 1840. The number of benzene rings is 4. The molecular weight excluding hydrogens is 584 g/mol. The van der Waals surface area contributed by atoms with E-state index in [0.29, 0.717) is 0 Å². The van der Waals surface area contributed by atoms with E-state index in [0.717, 1.165) is 43.3 Å². The van der Waals surface area contributed by atoms with Gasteiger partial charge in [0.2, 0.25) is 0 Å². The highest BCUT2D eigenvalue weighted by molar-refractivity contribution is 9.10. The van der Waals surface area contributed by atoms with Crippen LogP contribution in [0.5, 0.6) is 0 Å². The zero-order valence-electron chi connectivity index (χ0n) is 20.3. The molecule has 2 aliphatic rings. The lowest BCUT2D eigenvalue weighted by Crippen LogP contribution is -2.29. The molecule has 0 fully saturated rings. The number of hydrogen-bond acceptors (Lipinski definition) is 1. The maximum absolute atomic E-state index is 5.53. The fraction of sp³-hybridized carbons (Fsp3) is 0.121. The van der Waals surface area contributed by atoms with Crippen molar-refractivity contribution in [1.82, 2.24) is 9.55 Å². The molecule has 5 aromatic rings. The highest BCUT2D eigenvalue weighted by Gasteiger charge is 2.40. The number of nitrogens with zero attached hydrogens (tertiary/aromatic N) is 2. The van der Waals surface area contributed by atoms with Gasteiger partial charge in [0.05, 0.1) is 11.0 Å². The van der Waals surface area contributed by atoms with E-state index in [-0.39, 0.29) is 11.3 Å². The summed E-state index contributed by atoms with van der Waals surface area (Å²) in [7, 11) is 0. The number of rotatable bonds is 2. The molecule has 2 unspecified atom stereocenters. The van der Waals surface area contributed by atoms with Crippen molar-refractivity contribution in [3.05, 3.63) is 130 Å². The second kappa shape index (κ2) is 8.68. The number of aromatic nitrogens is 2. The van der Waals surface area contributed by atoms with Crippen LogP contribution in [-0.4, -0.2) is 9.55 Å². The Balaban J connectivity index is 1.66. The third-order valence-corrected chi connectivity index (χ3v) is 8.94. The molecule has 180 valence electrons. The van der Waals surface area contributed by atoms with E-state index in [9.17, 15) is 0 Å². The summed E-state index contributed by atoms with van der Waals surface area (Å²) in [4.78, 5) is 5.53. The number of halogens is 2. The van der Waals surface area contributed by atoms with E-state index in [1.807, 2.05) is 0 Å². The summed E-state index contributed by atoms with van der Waals surface area (Å²) in [5.41, 5.74) is 4.56. The van der Waals surface area contributed by atoms with E-state index >= 15 is 0 Å². The molecule has 4 heteroatoms. The van der Waals surface area contributed by atoms with Gasteiger partial charge in [-0.3, -0.25) is 4.57 Å². The molecule has 2 nitrogen and oxygen atoms in total. The summed E-state index contributed by atoms with van der Waals surface area (Å²) in [5, 5.41) is 4.81. The highest BCUT2D eigenvalue weighted by Crippen LogP contribution is 2.51. The van der Waals surface area contributed by atoms with Gasteiger partial charge in [0.1, 0.15) is 5.82 Å². The molecule has 4 aromatic carbocycles. The molecule has 0 radical (unpaired) electrons. The standard InChI is InChI=1S/C33H24Br2N2/c1-33-18-7-3-4-9-21(33)10-8-13-29(33)32-36-30-27-19-22(34)14-16-25(27)26-17-15-23(35)20-28(26)31(30)37(32)24-11-5-2-6-12-24/h2-17,19-20,29H,18H2,1H3. The van der Waals surface area contributed by atoms with Gasteiger partial charge in [-0.2, -0.15) is 0 Å². The average Bonchev–Trinajstić information content (AvgIpc) is 3.19. The van der Waals surface area contributed by atoms with Gasteiger partial charge in [0, 0.05) is 36.7 Å². The third-order valence-electron chi connectivity index (χ3n) is 7.95. The molecule has 7 rings (SSSR count). The molecule has 1 aromatic heterocycles. The molecular formula is C33H24Br2N2. The van der Waals surface area contributed by atoms with E-state index < -0.39 is 0 Å². The monoisotopic (exact) mass is 606 g/mol. The van der Waals surface area contributed by atoms with Crippen LogP contribution >= 0.6 is 31.9 Å². The molecule has 0 bridgehead atoms. The predicted molar refractivity (Wildman–Crippen MR) is 162 cm³/mol. The smallest absolute Gasteiger partial charge is 0.122 e. The lowest BCUT2D eigenvalue weighted by Gasteiger charge is -2.38. The highest BCUT2D eigenvalue weighted by atomic mass is 79.9. The minimum absolute atomic E-state index is 0.0983. The Morgan fingerprint density at radius 2 is 1.57 bits per heavy atom. The van der Waals surface area contributed by atoms with Crippen molar-refractivity contribution >= 4 is 64.4 Å². The molecule has 2 aliphatic carbocycles. The molecule has 0 amide bonds. The molecule has 0 saturated heterocycles. The summed E-state index contributed by atoms with van der Waals surface area (Å²) in [6.07, 6.45) is 16.6. The van der Waals surface area contributed by atoms with Gasteiger partial charge in [-0.25, -0.2) is 4.98 Å². The molecule has 0 aliphatic heterocycles. The van der Waals surface area contributed by atoms with Gasteiger partial charge in [0.15, 0.2) is 0 Å². The zero-order chi connectivity index (χ0) is 25.1. The lowest BCUT2D eigenvalue weighted by molar-refractivity contribution is 0.351. The first kappa shape index (κ1) is 22.9. The number of hydrogen-bond donors (Lipinski definition) is 0. The van der Waals surface area contributed by atoms with E-state index in [2.05, 4.69) is 153 Å². The number of para-hydroxylation sites is 1. The van der Waals surface area contributed by atoms with Crippen LogP contribution in [0.25, 0.3) is 38.3 Å². The van der Waals surface area contributed by atoms with Crippen molar-refractivity contribution in [2.45, 2.75) is 19.3 Å². The van der Waals surface area contributed by atoms with Gasteiger partial charge >= 0.3 is 0 Å². The van der Waals surface area contributed by atoms with Crippen LogP contribution in [0.4, 0.5) is 0 Å². The first-order chi connectivity index (χ1) is 18.0. The average molecular weight is 608 g/mol. The van der Waals surface area contributed by atoms with Crippen LogP contribution in [0.1, 0.15) is 25.1 Å². The molecule has 1 heterocycles. The van der Waals surface area contributed by atoms with Crippen LogP contribution in [0.15, 0.2) is 124 Å². The fourth-order valence-electron chi connectivity index (χ4n) is 6.08. The molecule has 37 heavy (non-hydrogen) atoms. The fourth-order valence-corrected chi connectivity index (χ4v) is 6.80. The van der Waals surface area contributed by atoms with E-state index in [4.69, 9.17) is 4.98 Å². The molecule has 0 saturated carbocycles. The van der Waals surface area contributed by atoms with Crippen molar-refractivity contribution in [3.63, 3.8) is 0 Å². The quantitative estimate of drug-likeness (QED) is 0.183. The maximum atomic E-state index is 5.53. The van der Waals surface area contributed by atoms with Gasteiger partial charge in [0.25, 0.3) is 0 Å². The number of imidazole rings is 1. The lowest BCUT2D eigenvalue weighted by atomic mass is 9.66. The summed E-state index contributed by atoms with van der Waals surface area (Å²) >= 11 is 7.48. The molecule has 2 atom stereocenters. The van der Waals surface area contributed by atoms with Crippen LogP contribution in [0.3, 0.4) is 0 Å². The van der Waals surface area contributed by atoms with Crippen molar-refractivity contribution in [2.75, 3.05) is 0 Å². The summed E-state index contributed by atoms with van der Waals surface area (Å²) in [6, 6.07) is 23.8. The van der Waals surface area contributed by atoms with E-state index in [1.165, 1.54) is 21.7 Å². The summed E-state index contributed by atoms with van der Waals surface area (Å²) < 4.78 is 4.53. The number of allylic oxidation sites excluding steroid dienone is 8. The van der Waals surface area contributed by atoms with Gasteiger partial charge in [-0.1, -0.05) is 112 Å². The second-order valence-corrected chi connectivity index (χ2v) is 11.9. The second-order valence-electron chi connectivity index (χ2n) is 10.1. The van der Waals surface area contributed by atoms with Crippen LogP contribution in [-0.2, 0) is 0 Å². The van der Waals surface area contributed by atoms with Crippen LogP contribution in [0, 0.1) is 5.41 Å². The zero-order valence-corrected chi connectivity index (χ0v) is 23.5. The SMILES string of the molecule is CC12CC=CC=CC1=CC=CC2c1nc2c3cc(Br)ccc3c3ccc(Br)cc3c2n1-c1ccccc1. The Labute approximate surface area is 233 Å². The van der Waals surface area contributed by atoms with Crippen LogP contribution < -0.4 is 0 Å². The predicted octanol–water partition coefficient (Wildman–Crippen LogP) is 9.96. The van der Waals surface area contributed by atoms with Crippen molar-refractivity contribution in [2.24, 2.45) is 5.41 Å². The molecule has 0 spiro atoms. The minimum Gasteiger partial charge on any atom is -0.295 e. The Kier molecular flexibility index (Phi) is 5.38. The van der Waals surface area contributed by atoms with E-state index in [1.54, 1.807) is 0 Å². The van der Waals surface area contributed by atoms with Gasteiger partial charge < -0.3 is 0 Å². The Morgan fingerprint density at radius 3 is 2.35 bits per heavy atom. The maximum Gasteiger partial charge on any atom is 0.122 e. The summed E-state index contributed by atoms with van der Waals surface area (Å²) in [5.74, 6) is 1.18. The van der Waals surface area contributed by atoms with Crippen molar-refractivity contribution in [3.8, 4) is 5.69 Å². The first-order valence-corrected chi connectivity index (χ1v) is 14.1. The number of fused-ring (bicyclic) bond motifs is 7. The van der Waals surface area contributed by atoms with Gasteiger partial charge in [-0.05, 0) is 59.2 Å². The van der Waals surface area contributed by atoms with Crippen molar-refractivity contribution < 1.29 is 0 Å². The summed E-state index contributed by atoms with van der Waals surface area (Å²) in [6.45, 7) is 2.38. The van der Waals surface area contributed by atoms with Crippen molar-refractivity contribution in [1.29, 1.82) is 0 Å². The van der Waals surface area contributed by atoms with Crippen LogP contribution in [0.2, 0.25) is 0 Å². The third kappa shape index (κ3) is 3.53. The minimum atomic E-state index is -0.0983. The normalized spacial score (nSPS) is 20.9.